The van der Waals surface area contributed by atoms with Crippen molar-refractivity contribution < 1.29 is 28.6 Å². The van der Waals surface area contributed by atoms with Crippen LogP contribution in [0.1, 0.15) is 278 Å². The largest absolute Gasteiger partial charge is 0.462 e. The fraction of sp³-hybridized carbons (Fsp3) is 0.730. The smallest absolute Gasteiger partial charge is 0.306 e. The van der Waals surface area contributed by atoms with Gasteiger partial charge in [0.25, 0.3) is 0 Å². The third-order valence-electron chi connectivity index (χ3n) is 12.4. The molecular weight excluding hydrogens is 853 g/mol. The van der Waals surface area contributed by atoms with Crippen LogP contribution < -0.4 is 0 Å². The zero-order valence-electron chi connectivity index (χ0n) is 45.3. The van der Waals surface area contributed by atoms with Gasteiger partial charge in [-0.25, -0.2) is 0 Å². The Kier molecular flexibility index (Phi) is 54.3. The number of carbonyl (C=O) groups excluding carboxylic acids is 3. The average Bonchev–Trinajstić information content (AvgIpc) is 3.35. The molecule has 69 heavy (non-hydrogen) atoms. The molecule has 0 N–H and O–H groups in total. The predicted octanol–water partition coefficient (Wildman–Crippen LogP) is 19.5. The maximum absolute atomic E-state index is 12.9. The van der Waals surface area contributed by atoms with Crippen molar-refractivity contribution in [3.8, 4) is 0 Å². The summed E-state index contributed by atoms with van der Waals surface area (Å²) < 4.78 is 16.8. The lowest BCUT2D eigenvalue weighted by molar-refractivity contribution is -0.166. The van der Waals surface area contributed by atoms with Crippen LogP contribution in [0.5, 0.6) is 0 Å². The predicted molar refractivity (Wildman–Crippen MR) is 297 cm³/mol. The highest BCUT2D eigenvalue weighted by Gasteiger charge is 2.19. The number of hydrogen-bond donors (Lipinski definition) is 0. The van der Waals surface area contributed by atoms with Gasteiger partial charge in [-0.15, -0.1) is 0 Å². The first-order valence-electron chi connectivity index (χ1n) is 29.1. The maximum atomic E-state index is 12.9. The summed E-state index contributed by atoms with van der Waals surface area (Å²) in [6, 6.07) is 0. The second-order valence-electron chi connectivity index (χ2n) is 19.2. The minimum Gasteiger partial charge on any atom is -0.462 e. The third-order valence-corrected chi connectivity index (χ3v) is 12.4. The SMILES string of the molecule is CCCC/C=C\CCCCCCCC(=O)OC[C@@H](COC(=O)CC/C=C\C/C=C\C/C=C\C/C=C\C/C=C\CCCCC)OC(=O)CCCCCCCCCCCCC/C=C\CCCCCCCC. The summed E-state index contributed by atoms with van der Waals surface area (Å²) in [5.74, 6) is -0.995. The molecule has 396 valence electrons. The molecule has 0 radical (unpaired) electrons. The Morgan fingerprint density at radius 3 is 0.986 bits per heavy atom. The van der Waals surface area contributed by atoms with Gasteiger partial charge >= 0.3 is 17.9 Å². The molecule has 0 heterocycles. The van der Waals surface area contributed by atoms with Crippen molar-refractivity contribution in [2.75, 3.05) is 13.2 Å². The van der Waals surface area contributed by atoms with E-state index in [1.54, 1.807) is 0 Å². The van der Waals surface area contributed by atoms with E-state index in [4.69, 9.17) is 14.2 Å². The Balaban J connectivity index is 4.42. The van der Waals surface area contributed by atoms with Gasteiger partial charge in [0.1, 0.15) is 13.2 Å². The molecule has 0 amide bonds. The molecule has 6 heteroatoms. The zero-order chi connectivity index (χ0) is 50.0. The van der Waals surface area contributed by atoms with E-state index in [0.717, 1.165) is 77.0 Å². The van der Waals surface area contributed by atoms with Gasteiger partial charge in [-0.05, 0) is 103 Å². The number of ether oxygens (including phenoxy) is 3. The molecule has 0 saturated carbocycles. The van der Waals surface area contributed by atoms with Gasteiger partial charge in [-0.2, -0.15) is 0 Å². The average molecular weight is 962 g/mol. The van der Waals surface area contributed by atoms with E-state index >= 15 is 0 Å². The molecule has 1 atom stereocenters. The summed E-state index contributed by atoms with van der Waals surface area (Å²) >= 11 is 0. The van der Waals surface area contributed by atoms with Crippen LogP contribution >= 0.6 is 0 Å². The van der Waals surface area contributed by atoms with Gasteiger partial charge in [-0.3, -0.25) is 14.4 Å². The maximum Gasteiger partial charge on any atom is 0.306 e. The topological polar surface area (TPSA) is 78.9 Å². The fourth-order valence-corrected chi connectivity index (χ4v) is 7.93. The van der Waals surface area contributed by atoms with E-state index in [1.807, 2.05) is 6.08 Å². The summed E-state index contributed by atoms with van der Waals surface area (Å²) in [7, 11) is 0. The van der Waals surface area contributed by atoms with Crippen LogP contribution in [0.3, 0.4) is 0 Å². The lowest BCUT2D eigenvalue weighted by Crippen LogP contribution is -2.30. The Labute approximate surface area is 426 Å². The van der Waals surface area contributed by atoms with Gasteiger partial charge < -0.3 is 14.2 Å². The van der Waals surface area contributed by atoms with Crippen molar-refractivity contribution in [2.45, 2.75) is 284 Å². The van der Waals surface area contributed by atoms with Crippen LogP contribution in [0, 0.1) is 0 Å². The van der Waals surface area contributed by atoms with Crippen molar-refractivity contribution in [3.05, 3.63) is 85.1 Å². The van der Waals surface area contributed by atoms with Gasteiger partial charge in [0, 0.05) is 19.3 Å². The molecule has 0 aromatic rings. The molecule has 0 aliphatic heterocycles. The van der Waals surface area contributed by atoms with Crippen LogP contribution in [0.15, 0.2) is 85.1 Å². The molecular formula is C63H108O6. The van der Waals surface area contributed by atoms with Crippen LogP contribution in [0.25, 0.3) is 0 Å². The summed E-state index contributed by atoms with van der Waals surface area (Å²) in [6.07, 6.45) is 74.5. The van der Waals surface area contributed by atoms with Crippen molar-refractivity contribution in [2.24, 2.45) is 0 Å². The first kappa shape index (κ1) is 65.6. The Morgan fingerprint density at radius 1 is 0.290 bits per heavy atom. The van der Waals surface area contributed by atoms with Crippen LogP contribution in [-0.4, -0.2) is 37.2 Å². The molecule has 0 fully saturated rings. The summed E-state index contributed by atoms with van der Waals surface area (Å²) in [4.78, 5) is 38.1. The summed E-state index contributed by atoms with van der Waals surface area (Å²) in [5, 5.41) is 0. The number of unbranched alkanes of at least 4 members (excludes halogenated alkanes) is 27. The second kappa shape index (κ2) is 57.2. The minimum atomic E-state index is -0.810. The fourth-order valence-electron chi connectivity index (χ4n) is 7.93. The third kappa shape index (κ3) is 55.4. The number of hydrogen-bond acceptors (Lipinski definition) is 6. The molecule has 0 saturated heterocycles. The number of esters is 3. The normalized spacial score (nSPS) is 12.7. The van der Waals surface area contributed by atoms with E-state index in [-0.39, 0.29) is 37.5 Å². The van der Waals surface area contributed by atoms with Gasteiger partial charge in [0.05, 0.1) is 0 Å². The van der Waals surface area contributed by atoms with Gasteiger partial charge in [0.2, 0.25) is 0 Å². The quantitative estimate of drug-likeness (QED) is 0.0262. The van der Waals surface area contributed by atoms with Crippen molar-refractivity contribution in [1.82, 2.24) is 0 Å². The molecule has 0 aromatic carbocycles. The van der Waals surface area contributed by atoms with Crippen LogP contribution in [0.4, 0.5) is 0 Å². The van der Waals surface area contributed by atoms with Crippen LogP contribution in [0.2, 0.25) is 0 Å². The molecule has 6 nitrogen and oxygen atoms in total. The highest BCUT2D eigenvalue weighted by atomic mass is 16.6. The van der Waals surface area contributed by atoms with Crippen LogP contribution in [-0.2, 0) is 28.6 Å². The minimum absolute atomic E-state index is 0.104. The van der Waals surface area contributed by atoms with Crippen molar-refractivity contribution in [1.29, 1.82) is 0 Å². The first-order chi connectivity index (χ1) is 34.0. The highest BCUT2D eigenvalue weighted by molar-refractivity contribution is 5.71. The summed E-state index contributed by atoms with van der Waals surface area (Å²) in [5.41, 5.74) is 0. The lowest BCUT2D eigenvalue weighted by Gasteiger charge is -2.18. The standard InChI is InChI=1S/C63H108O6/c1-4-7-10-13-16-19-22-24-26-28-30-31-33-35-37-39-42-45-48-51-54-57-63(66)69-60(58-67-61(64)55-52-49-46-43-40-21-18-15-12-9-6-3)59-68-62(65)56-53-50-47-44-41-38-36-34-32-29-27-25-23-20-17-14-11-8-5-2/h15,17-18,20,24-27,32,34,38,41,47,50,60H,4-14,16,19,21-23,28-31,33,35-37,39-40,42-46,48-49,51-59H2,1-3H3/b18-15-,20-17-,26-24-,27-25-,34-32-,41-38-,50-47-/t60-/m0/s1. The van der Waals surface area contributed by atoms with Crippen molar-refractivity contribution in [3.63, 3.8) is 0 Å². The molecule has 0 rings (SSSR count). The highest BCUT2D eigenvalue weighted by Crippen LogP contribution is 2.15. The van der Waals surface area contributed by atoms with E-state index in [1.165, 1.54) is 154 Å². The van der Waals surface area contributed by atoms with E-state index in [2.05, 4.69) is 99.8 Å². The van der Waals surface area contributed by atoms with E-state index in [9.17, 15) is 14.4 Å². The molecule has 0 aromatic heterocycles. The zero-order valence-corrected chi connectivity index (χ0v) is 45.3. The number of carbonyl (C=O) groups is 3. The molecule has 0 bridgehead atoms. The number of rotatable bonds is 52. The molecule has 0 unspecified atom stereocenters. The monoisotopic (exact) mass is 961 g/mol. The number of allylic oxidation sites excluding steroid dienone is 14. The summed E-state index contributed by atoms with van der Waals surface area (Å²) in [6.45, 7) is 6.51. The first-order valence-corrected chi connectivity index (χ1v) is 29.1. The van der Waals surface area contributed by atoms with Gasteiger partial charge in [0.15, 0.2) is 6.10 Å². The van der Waals surface area contributed by atoms with E-state index in [0.29, 0.717) is 19.3 Å². The van der Waals surface area contributed by atoms with Gasteiger partial charge in [-0.1, -0.05) is 241 Å². The Morgan fingerprint density at radius 2 is 0.565 bits per heavy atom. The van der Waals surface area contributed by atoms with E-state index < -0.39 is 6.10 Å². The Hall–Kier alpha value is -3.41. The lowest BCUT2D eigenvalue weighted by atomic mass is 10.0. The van der Waals surface area contributed by atoms with Crippen molar-refractivity contribution >= 4 is 17.9 Å². The molecule has 0 spiro atoms. The molecule has 0 aliphatic rings. The second-order valence-corrected chi connectivity index (χ2v) is 19.2. The molecule has 0 aliphatic carbocycles. The Bertz CT molecular complexity index is 1330.